The largest absolute Gasteiger partial charge is 0.373 e. The highest BCUT2D eigenvalue weighted by Crippen LogP contribution is 2.38. The molecule has 2 atom stereocenters. The minimum Gasteiger partial charge on any atom is -0.373 e. The summed E-state index contributed by atoms with van der Waals surface area (Å²) >= 11 is 0. The van der Waals surface area contributed by atoms with Gasteiger partial charge in [0.1, 0.15) is 5.82 Å². The van der Waals surface area contributed by atoms with Gasteiger partial charge in [-0.1, -0.05) is 25.1 Å². The third kappa shape index (κ3) is 2.29. The molecular weight excluding hydrogens is 229 g/mol. The van der Waals surface area contributed by atoms with Gasteiger partial charge in [-0.3, -0.25) is 4.90 Å². The Morgan fingerprint density at radius 1 is 1.44 bits per heavy atom. The predicted octanol–water partition coefficient (Wildman–Crippen LogP) is 2.83. The molecule has 2 fully saturated rings. The van der Waals surface area contributed by atoms with Gasteiger partial charge >= 0.3 is 0 Å². The molecule has 1 aromatic rings. The minimum atomic E-state index is -0.0980. The Bertz CT molecular complexity index is 436. The summed E-state index contributed by atoms with van der Waals surface area (Å²) in [6, 6.07) is 7.05. The standard InChI is InChI=1S/C15H20FNO/c1-12-8-15(18-10-12)6-7-17(11-15)9-13-4-2-3-5-14(13)16/h2-5,12H,6-11H2,1H3. The van der Waals surface area contributed by atoms with Crippen molar-refractivity contribution in [1.29, 1.82) is 0 Å². The Balaban J connectivity index is 1.65. The van der Waals surface area contributed by atoms with E-state index in [-0.39, 0.29) is 11.4 Å². The van der Waals surface area contributed by atoms with Gasteiger partial charge in [-0.05, 0) is 24.8 Å². The number of hydrogen-bond donors (Lipinski definition) is 0. The fourth-order valence-corrected chi connectivity index (χ4v) is 3.29. The molecule has 0 amide bonds. The molecule has 1 spiro atoms. The van der Waals surface area contributed by atoms with Crippen molar-refractivity contribution >= 4 is 0 Å². The summed E-state index contributed by atoms with van der Waals surface area (Å²) in [7, 11) is 0. The van der Waals surface area contributed by atoms with Crippen LogP contribution in [-0.4, -0.2) is 30.2 Å². The number of halogens is 1. The first kappa shape index (κ1) is 12.1. The molecule has 2 unspecified atom stereocenters. The molecule has 2 aliphatic rings. The van der Waals surface area contributed by atoms with Crippen LogP contribution in [0.2, 0.25) is 0 Å². The molecule has 2 saturated heterocycles. The van der Waals surface area contributed by atoms with Crippen LogP contribution in [0.3, 0.4) is 0 Å². The molecule has 3 heteroatoms. The minimum absolute atomic E-state index is 0.0602. The van der Waals surface area contributed by atoms with E-state index in [0.29, 0.717) is 12.5 Å². The molecule has 98 valence electrons. The van der Waals surface area contributed by atoms with Crippen molar-refractivity contribution in [1.82, 2.24) is 4.90 Å². The fraction of sp³-hybridized carbons (Fsp3) is 0.600. The Hall–Kier alpha value is -0.930. The quantitative estimate of drug-likeness (QED) is 0.799. The second-order valence-electron chi connectivity index (χ2n) is 5.86. The summed E-state index contributed by atoms with van der Waals surface area (Å²) in [5, 5.41) is 0. The van der Waals surface area contributed by atoms with Gasteiger partial charge in [0.25, 0.3) is 0 Å². The molecule has 2 nitrogen and oxygen atoms in total. The molecule has 0 saturated carbocycles. The van der Waals surface area contributed by atoms with Crippen LogP contribution < -0.4 is 0 Å². The number of benzene rings is 1. The summed E-state index contributed by atoms with van der Waals surface area (Å²) in [5.74, 6) is 0.567. The van der Waals surface area contributed by atoms with E-state index in [0.717, 1.165) is 38.1 Å². The molecule has 0 aliphatic carbocycles. The molecule has 1 aromatic carbocycles. The lowest BCUT2D eigenvalue weighted by molar-refractivity contribution is 0.0112. The maximum atomic E-state index is 13.6. The Kier molecular flexibility index (Phi) is 3.12. The van der Waals surface area contributed by atoms with E-state index in [2.05, 4.69) is 11.8 Å². The van der Waals surface area contributed by atoms with Crippen molar-refractivity contribution in [2.75, 3.05) is 19.7 Å². The molecule has 2 aliphatic heterocycles. The molecular formula is C15H20FNO. The molecule has 18 heavy (non-hydrogen) atoms. The SMILES string of the molecule is CC1COC2(CCN(Cc3ccccc3F)C2)C1. The van der Waals surface area contributed by atoms with E-state index in [1.165, 1.54) is 6.07 Å². The van der Waals surface area contributed by atoms with Crippen molar-refractivity contribution in [2.45, 2.75) is 31.9 Å². The van der Waals surface area contributed by atoms with E-state index in [9.17, 15) is 4.39 Å². The van der Waals surface area contributed by atoms with Crippen LogP contribution >= 0.6 is 0 Å². The van der Waals surface area contributed by atoms with Crippen LogP contribution in [0.5, 0.6) is 0 Å². The van der Waals surface area contributed by atoms with Crippen LogP contribution in [0.4, 0.5) is 4.39 Å². The second-order valence-corrected chi connectivity index (χ2v) is 5.86. The molecule has 0 aromatic heterocycles. The summed E-state index contributed by atoms with van der Waals surface area (Å²) < 4.78 is 19.6. The summed E-state index contributed by atoms with van der Waals surface area (Å²) in [5.41, 5.74) is 0.852. The Morgan fingerprint density at radius 3 is 3.00 bits per heavy atom. The number of nitrogens with zero attached hydrogens (tertiary/aromatic N) is 1. The second kappa shape index (κ2) is 4.63. The van der Waals surface area contributed by atoms with E-state index in [1.807, 2.05) is 12.1 Å². The van der Waals surface area contributed by atoms with E-state index in [1.54, 1.807) is 6.07 Å². The van der Waals surface area contributed by atoms with Gasteiger partial charge in [0.2, 0.25) is 0 Å². The van der Waals surface area contributed by atoms with Gasteiger partial charge in [-0.25, -0.2) is 4.39 Å². The lowest BCUT2D eigenvalue weighted by Gasteiger charge is -2.23. The number of ether oxygens (including phenoxy) is 1. The smallest absolute Gasteiger partial charge is 0.127 e. The highest BCUT2D eigenvalue weighted by atomic mass is 19.1. The lowest BCUT2D eigenvalue weighted by Crippen LogP contribution is -2.32. The highest BCUT2D eigenvalue weighted by molar-refractivity contribution is 5.17. The summed E-state index contributed by atoms with van der Waals surface area (Å²) in [4.78, 5) is 2.32. The zero-order valence-corrected chi connectivity index (χ0v) is 10.9. The van der Waals surface area contributed by atoms with Gasteiger partial charge in [0.05, 0.1) is 12.2 Å². The van der Waals surface area contributed by atoms with Crippen LogP contribution in [0.1, 0.15) is 25.3 Å². The average Bonchev–Trinajstić information content (AvgIpc) is 2.90. The molecule has 2 heterocycles. The van der Waals surface area contributed by atoms with Gasteiger partial charge in [0, 0.05) is 25.2 Å². The molecule has 0 radical (unpaired) electrons. The Morgan fingerprint density at radius 2 is 2.28 bits per heavy atom. The van der Waals surface area contributed by atoms with E-state index in [4.69, 9.17) is 4.74 Å². The third-order valence-electron chi connectivity index (χ3n) is 4.14. The zero-order chi connectivity index (χ0) is 12.6. The maximum Gasteiger partial charge on any atom is 0.127 e. The maximum absolute atomic E-state index is 13.6. The molecule has 3 rings (SSSR count). The van der Waals surface area contributed by atoms with Crippen LogP contribution in [-0.2, 0) is 11.3 Å². The first-order chi connectivity index (χ1) is 8.67. The monoisotopic (exact) mass is 249 g/mol. The van der Waals surface area contributed by atoms with Crippen molar-refractivity contribution in [3.05, 3.63) is 35.6 Å². The van der Waals surface area contributed by atoms with Gasteiger partial charge in [0.15, 0.2) is 0 Å². The van der Waals surface area contributed by atoms with Crippen LogP contribution in [0.15, 0.2) is 24.3 Å². The van der Waals surface area contributed by atoms with Crippen molar-refractivity contribution in [3.63, 3.8) is 0 Å². The normalized spacial score (nSPS) is 32.4. The summed E-state index contributed by atoms with van der Waals surface area (Å²) in [6.07, 6.45) is 2.24. The van der Waals surface area contributed by atoms with Crippen molar-refractivity contribution in [2.24, 2.45) is 5.92 Å². The first-order valence-electron chi connectivity index (χ1n) is 6.77. The van der Waals surface area contributed by atoms with Crippen LogP contribution in [0.25, 0.3) is 0 Å². The van der Waals surface area contributed by atoms with Gasteiger partial charge in [-0.2, -0.15) is 0 Å². The molecule has 0 N–H and O–H groups in total. The zero-order valence-electron chi connectivity index (χ0n) is 10.9. The van der Waals surface area contributed by atoms with Gasteiger partial charge < -0.3 is 4.74 Å². The lowest BCUT2D eigenvalue weighted by atomic mass is 9.94. The summed E-state index contributed by atoms with van der Waals surface area (Å²) in [6.45, 7) is 5.79. The first-order valence-corrected chi connectivity index (χ1v) is 6.77. The third-order valence-corrected chi connectivity index (χ3v) is 4.14. The highest BCUT2D eigenvalue weighted by Gasteiger charge is 2.44. The predicted molar refractivity (Wildman–Crippen MR) is 68.8 cm³/mol. The van der Waals surface area contributed by atoms with Crippen molar-refractivity contribution < 1.29 is 9.13 Å². The topological polar surface area (TPSA) is 12.5 Å². The number of likely N-dealkylation sites (tertiary alicyclic amines) is 1. The van der Waals surface area contributed by atoms with Gasteiger partial charge in [-0.15, -0.1) is 0 Å². The van der Waals surface area contributed by atoms with Crippen LogP contribution in [0, 0.1) is 11.7 Å². The fourth-order valence-electron chi connectivity index (χ4n) is 3.29. The Labute approximate surface area is 108 Å². The van der Waals surface area contributed by atoms with E-state index < -0.39 is 0 Å². The number of rotatable bonds is 2. The number of hydrogen-bond acceptors (Lipinski definition) is 2. The van der Waals surface area contributed by atoms with Crippen molar-refractivity contribution in [3.8, 4) is 0 Å². The van der Waals surface area contributed by atoms with E-state index >= 15 is 0 Å². The molecule has 0 bridgehead atoms. The average molecular weight is 249 g/mol.